The third-order valence-corrected chi connectivity index (χ3v) is 1.74. The van der Waals surface area contributed by atoms with E-state index in [9.17, 15) is 0 Å². The average molecular weight is 180 g/mol. The van der Waals surface area contributed by atoms with Crippen LogP contribution < -0.4 is 16.4 Å². The second kappa shape index (κ2) is 5.37. The second-order valence-electron chi connectivity index (χ2n) is 2.72. The Kier molecular flexibility index (Phi) is 4.05. The van der Waals surface area contributed by atoms with Crippen LogP contribution in [0, 0.1) is 0 Å². The fourth-order valence-corrected chi connectivity index (χ4v) is 1.07. The number of hydrogen-bond acceptors (Lipinski definition) is 4. The van der Waals surface area contributed by atoms with Crippen molar-refractivity contribution in [2.24, 2.45) is 5.73 Å². The van der Waals surface area contributed by atoms with Crippen molar-refractivity contribution >= 4 is 11.5 Å². The molecule has 1 rings (SSSR count). The molecular formula is C9H16N4. The number of pyridine rings is 1. The summed E-state index contributed by atoms with van der Waals surface area (Å²) in [5.41, 5.74) is 6.42. The van der Waals surface area contributed by atoms with Crippen molar-refractivity contribution < 1.29 is 0 Å². The van der Waals surface area contributed by atoms with Crippen molar-refractivity contribution in [2.75, 3.05) is 30.8 Å². The lowest BCUT2D eigenvalue weighted by Crippen LogP contribution is -2.09. The zero-order valence-electron chi connectivity index (χ0n) is 7.88. The quantitative estimate of drug-likeness (QED) is 0.589. The molecule has 0 unspecified atom stereocenters. The fourth-order valence-electron chi connectivity index (χ4n) is 1.07. The van der Waals surface area contributed by atoms with Crippen LogP contribution in [0.4, 0.5) is 11.5 Å². The van der Waals surface area contributed by atoms with Gasteiger partial charge < -0.3 is 16.4 Å². The van der Waals surface area contributed by atoms with Crippen LogP contribution in [0.3, 0.4) is 0 Å². The van der Waals surface area contributed by atoms with E-state index >= 15 is 0 Å². The minimum atomic E-state index is 0.710. The highest BCUT2D eigenvalue weighted by atomic mass is 15.0. The van der Waals surface area contributed by atoms with E-state index in [1.165, 1.54) is 0 Å². The summed E-state index contributed by atoms with van der Waals surface area (Å²) >= 11 is 0. The molecule has 4 heteroatoms. The Morgan fingerprint density at radius 3 is 3.08 bits per heavy atom. The lowest BCUT2D eigenvalue weighted by molar-refractivity contribution is 0.874. The van der Waals surface area contributed by atoms with Gasteiger partial charge in [0.2, 0.25) is 0 Å². The van der Waals surface area contributed by atoms with Gasteiger partial charge in [0.15, 0.2) is 0 Å². The van der Waals surface area contributed by atoms with Crippen molar-refractivity contribution in [1.82, 2.24) is 4.98 Å². The number of nitrogens with one attached hydrogen (secondary N) is 2. The van der Waals surface area contributed by atoms with E-state index in [1.54, 1.807) is 6.20 Å². The van der Waals surface area contributed by atoms with Gasteiger partial charge in [-0.3, -0.25) is 0 Å². The Morgan fingerprint density at radius 1 is 1.54 bits per heavy atom. The van der Waals surface area contributed by atoms with Gasteiger partial charge in [-0.1, -0.05) is 0 Å². The molecule has 0 bridgehead atoms. The average Bonchev–Trinajstić information content (AvgIpc) is 2.19. The van der Waals surface area contributed by atoms with E-state index in [4.69, 9.17) is 5.73 Å². The number of hydrogen-bond donors (Lipinski definition) is 3. The number of rotatable bonds is 5. The van der Waals surface area contributed by atoms with Crippen molar-refractivity contribution in [3.8, 4) is 0 Å². The number of nitrogens with two attached hydrogens (primary N) is 1. The standard InChI is InChI=1S/C9H16N4/c1-11-9-8(4-2-6-13-9)12-7-3-5-10/h2,4,6,12H,3,5,7,10H2,1H3,(H,11,13). The molecule has 0 aliphatic carbocycles. The van der Waals surface area contributed by atoms with Gasteiger partial charge in [0.05, 0.1) is 5.69 Å². The normalized spacial score (nSPS) is 9.69. The minimum absolute atomic E-state index is 0.710. The summed E-state index contributed by atoms with van der Waals surface area (Å²) in [6, 6.07) is 3.90. The maximum Gasteiger partial charge on any atom is 0.149 e. The highest BCUT2D eigenvalue weighted by molar-refractivity contribution is 5.63. The van der Waals surface area contributed by atoms with E-state index in [1.807, 2.05) is 19.2 Å². The van der Waals surface area contributed by atoms with Crippen molar-refractivity contribution in [3.63, 3.8) is 0 Å². The van der Waals surface area contributed by atoms with Gasteiger partial charge in [-0.15, -0.1) is 0 Å². The molecule has 0 fully saturated rings. The molecule has 1 aromatic rings. The van der Waals surface area contributed by atoms with Gasteiger partial charge in [-0.25, -0.2) is 4.98 Å². The molecule has 72 valence electrons. The van der Waals surface area contributed by atoms with Gasteiger partial charge in [0.1, 0.15) is 5.82 Å². The first-order valence-corrected chi connectivity index (χ1v) is 4.45. The third-order valence-electron chi connectivity index (χ3n) is 1.74. The van der Waals surface area contributed by atoms with Crippen molar-refractivity contribution in [2.45, 2.75) is 6.42 Å². The summed E-state index contributed by atoms with van der Waals surface area (Å²) in [5.74, 6) is 0.875. The molecule has 1 aromatic heterocycles. The SMILES string of the molecule is CNc1ncccc1NCCCN. The largest absolute Gasteiger partial charge is 0.382 e. The molecule has 0 radical (unpaired) electrons. The molecular weight excluding hydrogens is 164 g/mol. The molecule has 0 aliphatic heterocycles. The second-order valence-corrected chi connectivity index (χ2v) is 2.72. The van der Waals surface area contributed by atoms with E-state index in [0.29, 0.717) is 6.54 Å². The van der Waals surface area contributed by atoms with Crippen LogP contribution in [0.2, 0.25) is 0 Å². The first-order chi connectivity index (χ1) is 6.38. The lowest BCUT2D eigenvalue weighted by atomic mass is 10.3. The topological polar surface area (TPSA) is 63.0 Å². The monoisotopic (exact) mass is 180 g/mol. The number of nitrogens with zero attached hydrogens (tertiary/aromatic N) is 1. The molecule has 0 atom stereocenters. The van der Waals surface area contributed by atoms with Crippen molar-refractivity contribution in [1.29, 1.82) is 0 Å². The Morgan fingerprint density at radius 2 is 2.38 bits per heavy atom. The Balaban J connectivity index is 2.54. The summed E-state index contributed by atoms with van der Waals surface area (Å²) in [6.45, 7) is 1.60. The summed E-state index contributed by atoms with van der Waals surface area (Å²) in [5, 5.41) is 6.28. The maximum atomic E-state index is 5.39. The van der Waals surface area contributed by atoms with E-state index in [-0.39, 0.29) is 0 Å². The Hall–Kier alpha value is -1.29. The summed E-state index contributed by atoms with van der Waals surface area (Å²) in [4.78, 5) is 4.17. The predicted octanol–water partition coefficient (Wildman–Crippen LogP) is 0.884. The minimum Gasteiger partial charge on any atom is -0.382 e. The van der Waals surface area contributed by atoms with E-state index < -0.39 is 0 Å². The molecule has 13 heavy (non-hydrogen) atoms. The first kappa shape index (κ1) is 9.80. The van der Waals surface area contributed by atoms with Crippen LogP contribution in [0.1, 0.15) is 6.42 Å². The zero-order chi connectivity index (χ0) is 9.52. The van der Waals surface area contributed by atoms with Crippen LogP contribution in [0.25, 0.3) is 0 Å². The van der Waals surface area contributed by atoms with Gasteiger partial charge in [-0.05, 0) is 25.1 Å². The molecule has 1 heterocycles. The smallest absolute Gasteiger partial charge is 0.149 e. The lowest BCUT2D eigenvalue weighted by Gasteiger charge is -2.09. The highest BCUT2D eigenvalue weighted by Crippen LogP contribution is 2.16. The van der Waals surface area contributed by atoms with Crippen LogP contribution in [0.15, 0.2) is 18.3 Å². The van der Waals surface area contributed by atoms with E-state index in [2.05, 4.69) is 15.6 Å². The van der Waals surface area contributed by atoms with E-state index in [0.717, 1.165) is 24.5 Å². The highest BCUT2D eigenvalue weighted by Gasteiger charge is 1.98. The van der Waals surface area contributed by atoms with Gasteiger partial charge in [0, 0.05) is 19.8 Å². The Labute approximate surface area is 78.6 Å². The maximum absolute atomic E-state index is 5.39. The molecule has 4 N–H and O–H groups in total. The Bertz CT molecular complexity index is 249. The molecule has 0 amide bonds. The molecule has 4 nitrogen and oxygen atoms in total. The number of anilines is 2. The summed E-state index contributed by atoms with van der Waals surface area (Å²) < 4.78 is 0. The van der Waals surface area contributed by atoms with Gasteiger partial charge >= 0.3 is 0 Å². The van der Waals surface area contributed by atoms with Crippen LogP contribution in [0.5, 0.6) is 0 Å². The van der Waals surface area contributed by atoms with Gasteiger partial charge in [0.25, 0.3) is 0 Å². The summed E-state index contributed by atoms with van der Waals surface area (Å²) in [6.07, 6.45) is 2.73. The number of aromatic nitrogens is 1. The van der Waals surface area contributed by atoms with Crippen LogP contribution in [-0.2, 0) is 0 Å². The fraction of sp³-hybridized carbons (Fsp3) is 0.444. The summed E-state index contributed by atoms with van der Waals surface area (Å²) in [7, 11) is 1.86. The molecule has 0 aliphatic rings. The van der Waals surface area contributed by atoms with Crippen LogP contribution in [-0.4, -0.2) is 25.1 Å². The van der Waals surface area contributed by atoms with Crippen molar-refractivity contribution in [3.05, 3.63) is 18.3 Å². The molecule has 0 saturated heterocycles. The van der Waals surface area contributed by atoms with Crippen LogP contribution >= 0.6 is 0 Å². The first-order valence-electron chi connectivity index (χ1n) is 4.45. The predicted molar refractivity (Wildman–Crippen MR) is 55.9 cm³/mol. The molecule has 0 aromatic carbocycles. The zero-order valence-corrected chi connectivity index (χ0v) is 7.88. The molecule has 0 saturated carbocycles. The molecule has 0 spiro atoms. The third kappa shape index (κ3) is 2.91. The van der Waals surface area contributed by atoms with Gasteiger partial charge in [-0.2, -0.15) is 0 Å².